The van der Waals surface area contributed by atoms with Gasteiger partial charge in [-0.15, -0.1) is 10.2 Å². The first-order valence-electron chi connectivity index (χ1n) is 9.15. The molecule has 1 N–H and O–H groups in total. The van der Waals surface area contributed by atoms with Crippen LogP contribution >= 0.6 is 0 Å². The Hall–Kier alpha value is -2.96. The Morgan fingerprint density at radius 3 is 2.44 bits per heavy atom. The van der Waals surface area contributed by atoms with Crippen LogP contribution in [0.25, 0.3) is 0 Å². The third-order valence-corrected chi connectivity index (χ3v) is 4.54. The van der Waals surface area contributed by atoms with Crippen LogP contribution in [0, 0.1) is 13.8 Å². The fourth-order valence-corrected chi connectivity index (χ4v) is 3.07. The Kier molecular flexibility index (Phi) is 5.39. The number of aromatic nitrogens is 5. The summed E-state index contributed by atoms with van der Waals surface area (Å²) in [5.74, 6) is 0.623. The van der Waals surface area contributed by atoms with Crippen LogP contribution in [0.1, 0.15) is 66.0 Å². The van der Waals surface area contributed by atoms with Crippen molar-refractivity contribution >= 4 is 5.91 Å². The molecule has 1 atom stereocenters. The van der Waals surface area contributed by atoms with E-state index in [0.29, 0.717) is 12.1 Å². The first-order valence-corrected chi connectivity index (χ1v) is 9.15. The lowest BCUT2D eigenvalue weighted by atomic mass is 10.1. The molecule has 3 aromatic rings. The summed E-state index contributed by atoms with van der Waals surface area (Å²) in [6.07, 6.45) is 1.69. The Morgan fingerprint density at radius 2 is 1.85 bits per heavy atom. The number of nitrogens with zero attached hydrogens (tertiary/aromatic N) is 5. The van der Waals surface area contributed by atoms with E-state index in [-0.39, 0.29) is 18.0 Å². The van der Waals surface area contributed by atoms with Crippen LogP contribution in [0.2, 0.25) is 0 Å². The van der Waals surface area contributed by atoms with Crippen molar-refractivity contribution in [1.82, 2.24) is 29.9 Å². The minimum atomic E-state index is -0.225. The van der Waals surface area contributed by atoms with Crippen molar-refractivity contribution < 1.29 is 4.79 Å². The van der Waals surface area contributed by atoms with Gasteiger partial charge in [0.2, 0.25) is 0 Å². The summed E-state index contributed by atoms with van der Waals surface area (Å²) in [4.78, 5) is 12.6. The highest BCUT2D eigenvalue weighted by molar-refractivity contribution is 5.94. The zero-order valence-corrected chi connectivity index (χ0v) is 16.5. The van der Waals surface area contributed by atoms with Gasteiger partial charge in [0.1, 0.15) is 6.33 Å². The largest absolute Gasteiger partial charge is 0.342 e. The van der Waals surface area contributed by atoms with Gasteiger partial charge in [-0.1, -0.05) is 12.1 Å². The summed E-state index contributed by atoms with van der Waals surface area (Å²) in [5, 5.41) is 15.6. The second-order valence-electron chi connectivity index (χ2n) is 7.17. The molecule has 0 fully saturated rings. The molecule has 7 nitrogen and oxygen atoms in total. The monoisotopic (exact) mass is 366 g/mol. The highest BCUT2D eigenvalue weighted by atomic mass is 16.1. The van der Waals surface area contributed by atoms with Crippen LogP contribution in [-0.4, -0.2) is 30.5 Å². The molecule has 0 aliphatic carbocycles. The third kappa shape index (κ3) is 4.24. The van der Waals surface area contributed by atoms with Crippen molar-refractivity contribution in [3.05, 3.63) is 65.0 Å². The van der Waals surface area contributed by atoms with Gasteiger partial charge in [0.15, 0.2) is 5.82 Å². The second kappa shape index (κ2) is 7.73. The molecule has 7 heteroatoms. The van der Waals surface area contributed by atoms with Gasteiger partial charge in [0, 0.05) is 17.3 Å². The fourth-order valence-electron chi connectivity index (χ4n) is 3.07. The average Bonchev–Trinajstić information content (AvgIpc) is 3.22. The van der Waals surface area contributed by atoms with E-state index in [0.717, 1.165) is 22.8 Å². The van der Waals surface area contributed by atoms with Gasteiger partial charge < -0.3 is 9.88 Å². The van der Waals surface area contributed by atoms with Crippen LogP contribution in [0.4, 0.5) is 0 Å². The predicted molar refractivity (Wildman–Crippen MR) is 104 cm³/mol. The van der Waals surface area contributed by atoms with Crippen molar-refractivity contribution in [2.45, 2.75) is 53.2 Å². The number of amides is 1. The van der Waals surface area contributed by atoms with Crippen molar-refractivity contribution in [3.8, 4) is 0 Å². The average molecular weight is 366 g/mol. The van der Waals surface area contributed by atoms with E-state index < -0.39 is 0 Å². The molecule has 0 spiro atoms. The summed E-state index contributed by atoms with van der Waals surface area (Å²) >= 11 is 0. The van der Waals surface area contributed by atoms with Gasteiger partial charge in [0.05, 0.1) is 18.3 Å². The maximum atomic E-state index is 12.6. The molecule has 2 aromatic heterocycles. The van der Waals surface area contributed by atoms with Gasteiger partial charge in [-0.3, -0.25) is 9.48 Å². The highest BCUT2D eigenvalue weighted by Crippen LogP contribution is 2.15. The Labute approximate surface area is 159 Å². The molecule has 1 aromatic carbocycles. The fraction of sp³-hybridized carbons (Fsp3) is 0.400. The summed E-state index contributed by atoms with van der Waals surface area (Å²) in [5.41, 5.74) is 3.85. The normalized spacial score (nSPS) is 12.4. The minimum absolute atomic E-state index is 0.126. The van der Waals surface area contributed by atoms with E-state index in [1.165, 1.54) is 0 Å². The Morgan fingerprint density at radius 1 is 1.15 bits per heavy atom. The number of aryl methyl sites for hydroxylation is 2. The molecule has 0 bridgehead atoms. The minimum Gasteiger partial charge on any atom is -0.342 e. The van der Waals surface area contributed by atoms with Gasteiger partial charge in [-0.2, -0.15) is 5.10 Å². The maximum absolute atomic E-state index is 12.6. The van der Waals surface area contributed by atoms with E-state index in [9.17, 15) is 4.79 Å². The maximum Gasteiger partial charge on any atom is 0.251 e. The molecule has 0 saturated carbocycles. The number of rotatable bonds is 6. The molecule has 2 heterocycles. The number of carbonyl (C=O) groups is 1. The lowest BCUT2D eigenvalue weighted by molar-refractivity contribution is 0.0937. The van der Waals surface area contributed by atoms with E-state index >= 15 is 0 Å². The number of hydrogen-bond donors (Lipinski definition) is 1. The molecule has 0 aliphatic rings. The molecule has 27 heavy (non-hydrogen) atoms. The van der Waals surface area contributed by atoms with Crippen LogP contribution < -0.4 is 5.32 Å². The quantitative estimate of drug-likeness (QED) is 0.727. The van der Waals surface area contributed by atoms with E-state index in [1.54, 1.807) is 6.33 Å². The summed E-state index contributed by atoms with van der Waals surface area (Å²) in [6, 6.07) is 9.69. The lowest BCUT2D eigenvalue weighted by Gasteiger charge is -2.17. The third-order valence-electron chi connectivity index (χ3n) is 4.54. The smallest absolute Gasteiger partial charge is 0.251 e. The molecule has 0 unspecified atom stereocenters. The molecule has 0 saturated heterocycles. The van der Waals surface area contributed by atoms with Gasteiger partial charge in [0.25, 0.3) is 5.91 Å². The van der Waals surface area contributed by atoms with Crippen molar-refractivity contribution in [3.63, 3.8) is 0 Å². The number of nitrogens with one attached hydrogen (secondary N) is 1. The van der Waals surface area contributed by atoms with Crippen LogP contribution in [0.3, 0.4) is 0 Å². The first kappa shape index (κ1) is 18.8. The van der Waals surface area contributed by atoms with Gasteiger partial charge >= 0.3 is 0 Å². The Balaban J connectivity index is 1.66. The highest BCUT2D eigenvalue weighted by Gasteiger charge is 2.18. The topological polar surface area (TPSA) is 77.6 Å². The zero-order valence-electron chi connectivity index (χ0n) is 16.5. The SMILES string of the molecule is Cc1cc(C)n(Cc2ccc(C(=O)N[C@@H](C)c3nncn3C(C)C)cc2)n1. The van der Waals surface area contributed by atoms with Crippen molar-refractivity contribution in [2.24, 2.45) is 0 Å². The molecule has 1 amide bonds. The van der Waals surface area contributed by atoms with Crippen molar-refractivity contribution in [2.75, 3.05) is 0 Å². The number of carbonyl (C=O) groups excluding carboxylic acids is 1. The molecule has 142 valence electrons. The standard InChI is InChI=1S/C20H26N6O/c1-13(2)25-12-21-23-19(25)16(5)22-20(27)18-8-6-17(7-9-18)11-26-15(4)10-14(3)24-26/h6-10,12-13,16H,11H2,1-5H3,(H,22,27)/t16-/m0/s1. The van der Waals surface area contributed by atoms with Gasteiger partial charge in [-0.05, 0) is 58.4 Å². The molecular weight excluding hydrogens is 340 g/mol. The van der Waals surface area contributed by atoms with Crippen molar-refractivity contribution in [1.29, 1.82) is 0 Å². The number of hydrogen-bond acceptors (Lipinski definition) is 4. The lowest BCUT2D eigenvalue weighted by Crippen LogP contribution is -2.29. The second-order valence-corrected chi connectivity index (χ2v) is 7.17. The first-order chi connectivity index (χ1) is 12.8. The summed E-state index contributed by atoms with van der Waals surface area (Å²) in [7, 11) is 0. The zero-order chi connectivity index (χ0) is 19.6. The van der Waals surface area contributed by atoms with E-state index in [4.69, 9.17) is 0 Å². The predicted octanol–water partition coefficient (Wildman–Crippen LogP) is 3.21. The van der Waals surface area contributed by atoms with Gasteiger partial charge in [-0.25, -0.2) is 0 Å². The Bertz CT molecular complexity index is 922. The molecular formula is C20H26N6O. The molecule has 3 rings (SSSR count). The summed E-state index contributed by atoms with van der Waals surface area (Å²) < 4.78 is 3.92. The molecule has 0 radical (unpaired) electrons. The van der Waals surface area contributed by atoms with E-state index in [2.05, 4.69) is 40.5 Å². The van der Waals surface area contributed by atoms with Crippen LogP contribution in [-0.2, 0) is 6.54 Å². The van der Waals surface area contributed by atoms with E-state index in [1.807, 2.05) is 54.3 Å². The molecule has 0 aliphatic heterocycles. The van der Waals surface area contributed by atoms with Crippen LogP contribution in [0.15, 0.2) is 36.7 Å². The number of benzene rings is 1. The van der Waals surface area contributed by atoms with Crippen LogP contribution in [0.5, 0.6) is 0 Å². The summed E-state index contributed by atoms with van der Waals surface area (Å²) in [6.45, 7) is 10.7.